The molecular formula is C27H32N2O2. The molecule has 5 rings (SSSR count). The summed E-state index contributed by atoms with van der Waals surface area (Å²) in [6, 6.07) is 22.2. The third-order valence-electron chi connectivity index (χ3n) is 6.76. The molecule has 0 amide bonds. The first-order chi connectivity index (χ1) is 15.3. The quantitative estimate of drug-likeness (QED) is 0.600. The minimum Gasteiger partial charge on any atom is -0.493 e. The van der Waals surface area contributed by atoms with Crippen molar-refractivity contribution in [1.82, 2.24) is 5.32 Å². The number of nitrogens with one attached hydrogen (secondary N) is 1. The second-order valence-electron chi connectivity index (χ2n) is 8.75. The van der Waals surface area contributed by atoms with Gasteiger partial charge < -0.3 is 19.7 Å². The molecule has 162 valence electrons. The van der Waals surface area contributed by atoms with Crippen molar-refractivity contribution in [3.05, 3.63) is 66.2 Å². The predicted molar refractivity (Wildman–Crippen MR) is 128 cm³/mol. The van der Waals surface area contributed by atoms with Crippen molar-refractivity contribution in [2.45, 2.75) is 44.2 Å². The second kappa shape index (κ2) is 9.19. The first-order valence-electron chi connectivity index (χ1n) is 11.6. The lowest BCUT2D eigenvalue weighted by Crippen LogP contribution is -2.52. The minimum atomic E-state index is 0.318. The van der Waals surface area contributed by atoms with E-state index >= 15 is 0 Å². The summed E-state index contributed by atoms with van der Waals surface area (Å²) in [5, 5.41) is 6.27. The van der Waals surface area contributed by atoms with Gasteiger partial charge in [0.2, 0.25) is 0 Å². The zero-order valence-corrected chi connectivity index (χ0v) is 18.3. The number of nitrogens with zero attached hydrogens (tertiary/aromatic N) is 1. The summed E-state index contributed by atoms with van der Waals surface area (Å²) in [5.41, 5.74) is 2.63. The van der Waals surface area contributed by atoms with E-state index in [0.29, 0.717) is 12.1 Å². The molecule has 1 heterocycles. The van der Waals surface area contributed by atoms with Gasteiger partial charge in [-0.1, -0.05) is 42.5 Å². The van der Waals surface area contributed by atoms with Crippen molar-refractivity contribution in [3.63, 3.8) is 0 Å². The fourth-order valence-corrected chi connectivity index (χ4v) is 5.13. The van der Waals surface area contributed by atoms with Crippen LogP contribution in [0.3, 0.4) is 0 Å². The van der Waals surface area contributed by atoms with Gasteiger partial charge in [-0.2, -0.15) is 0 Å². The number of benzene rings is 3. The number of fused-ring (bicyclic) bond motifs is 1. The standard InChI is InChI=1S/C27H32N2O2/c1-30-26-14-13-22(18-27(26)31-24-10-3-4-11-24)29-16-15-28-19-23(29)17-21-9-6-8-20-7-2-5-12-25(20)21/h2,5-9,12-14,18,23-24,28H,3-4,10-11,15-17,19H2,1H3. The SMILES string of the molecule is COc1ccc(N2CCNCC2Cc2cccc3ccccc23)cc1OC1CCCC1. The molecule has 1 aliphatic heterocycles. The van der Waals surface area contributed by atoms with Crippen LogP contribution >= 0.6 is 0 Å². The van der Waals surface area contributed by atoms with Crippen molar-refractivity contribution >= 4 is 16.5 Å². The second-order valence-corrected chi connectivity index (χ2v) is 8.75. The van der Waals surface area contributed by atoms with Crippen molar-refractivity contribution < 1.29 is 9.47 Å². The van der Waals surface area contributed by atoms with Crippen LogP contribution in [0.5, 0.6) is 11.5 Å². The average molecular weight is 417 g/mol. The summed E-state index contributed by atoms with van der Waals surface area (Å²) in [6.07, 6.45) is 6.14. The Kier molecular flexibility index (Phi) is 5.99. The molecule has 1 aliphatic carbocycles. The molecule has 0 aromatic heterocycles. The van der Waals surface area contributed by atoms with Crippen molar-refractivity contribution in [3.8, 4) is 11.5 Å². The van der Waals surface area contributed by atoms with Crippen LogP contribution in [0.15, 0.2) is 60.7 Å². The molecule has 1 unspecified atom stereocenters. The Morgan fingerprint density at radius 2 is 1.81 bits per heavy atom. The van der Waals surface area contributed by atoms with Crippen LogP contribution in [-0.2, 0) is 6.42 Å². The van der Waals surface area contributed by atoms with Crippen LogP contribution in [0.1, 0.15) is 31.2 Å². The highest BCUT2D eigenvalue weighted by Crippen LogP contribution is 2.36. The molecule has 1 saturated carbocycles. The van der Waals surface area contributed by atoms with E-state index < -0.39 is 0 Å². The lowest BCUT2D eigenvalue weighted by Gasteiger charge is -2.38. The predicted octanol–water partition coefficient (Wildman–Crippen LogP) is 5.19. The maximum atomic E-state index is 6.37. The van der Waals surface area contributed by atoms with Gasteiger partial charge in [-0.25, -0.2) is 0 Å². The molecule has 2 fully saturated rings. The third kappa shape index (κ3) is 4.35. The van der Waals surface area contributed by atoms with E-state index in [-0.39, 0.29) is 0 Å². The smallest absolute Gasteiger partial charge is 0.163 e. The first-order valence-corrected chi connectivity index (χ1v) is 11.6. The molecule has 3 aromatic carbocycles. The van der Waals surface area contributed by atoms with Gasteiger partial charge in [0.25, 0.3) is 0 Å². The summed E-state index contributed by atoms with van der Waals surface area (Å²) in [4.78, 5) is 2.54. The molecular weight excluding hydrogens is 384 g/mol. The summed E-state index contributed by atoms with van der Waals surface area (Å²) in [7, 11) is 1.73. The first kappa shape index (κ1) is 20.2. The van der Waals surface area contributed by atoms with Gasteiger partial charge >= 0.3 is 0 Å². The Morgan fingerprint density at radius 3 is 2.68 bits per heavy atom. The van der Waals surface area contributed by atoms with Crippen LogP contribution in [0.4, 0.5) is 5.69 Å². The topological polar surface area (TPSA) is 33.7 Å². The van der Waals surface area contributed by atoms with E-state index in [9.17, 15) is 0 Å². The van der Waals surface area contributed by atoms with Crippen molar-refractivity contribution in [1.29, 1.82) is 0 Å². The summed E-state index contributed by atoms with van der Waals surface area (Å²) in [6.45, 7) is 2.97. The van der Waals surface area contributed by atoms with E-state index in [1.807, 2.05) is 0 Å². The van der Waals surface area contributed by atoms with E-state index in [2.05, 4.69) is 70.9 Å². The summed E-state index contributed by atoms with van der Waals surface area (Å²) >= 11 is 0. The van der Waals surface area contributed by atoms with Crippen molar-refractivity contribution in [2.75, 3.05) is 31.6 Å². The normalized spacial score (nSPS) is 19.6. The number of hydrogen-bond donors (Lipinski definition) is 1. The lowest BCUT2D eigenvalue weighted by molar-refractivity contribution is 0.201. The Hall–Kier alpha value is -2.72. The number of rotatable bonds is 6. The third-order valence-corrected chi connectivity index (χ3v) is 6.76. The zero-order valence-electron chi connectivity index (χ0n) is 18.3. The maximum Gasteiger partial charge on any atom is 0.163 e. The van der Waals surface area contributed by atoms with Crippen LogP contribution in [0.2, 0.25) is 0 Å². The molecule has 4 heteroatoms. The van der Waals surface area contributed by atoms with E-state index in [4.69, 9.17) is 9.47 Å². The van der Waals surface area contributed by atoms with E-state index in [1.54, 1.807) is 7.11 Å². The summed E-state index contributed by atoms with van der Waals surface area (Å²) < 4.78 is 12.0. The summed E-state index contributed by atoms with van der Waals surface area (Å²) in [5.74, 6) is 1.71. The molecule has 31 heavy (non-hydrogen) atoms. The lowest BCUT2D eigenvalue weighted by atomic mass is 9.97. The fourth-order valence-electron chi connectivity index (χ4n) is 5.13. The van der Waals surface area contributed by atoms with Crippen LogP contribution in [-0.4, -0.2) is 38.9 Å². The molecule has 0 bridgehead atoms. The van der Waals surface area contributed by atoms with Gasteiger partial charge in [-0.3, -0.25) is 0 Å². The molecule has 3 aromatic rings. The number of ether oxygens (including phenoxy) is 2. The van der Waals surface area contributed by atoms with Gasteiger partial charge in [0.15, 0.2) is 11.5 Å². The molecule has 2 aliphatic rings. The number of anilines is 1. The molecule has 0 spiro atoms. The van der Waals surface area contributed by atoms with E-state index in [1.165, 1.54) is 34.9 Å². The van der Waals surface area contributed by atoms with Gasteiger partial charge in [-0.15, -0.1) is 0 Å². The largest absolute Gasteiger partial charge is 0.493 e. The van der Waals surface area contributed by atoms with Gasteiger partial charge in [0, 0.05) is 37.4 Å². The highest BCUT2D eigenvalue weighted by Gasteiger charge is 2.25. The average Bonchev–Trinajstić information content (AvgIpc) is 3.33. The minimum absolute atomic E-state index is 0.318. The Balaban J connectivity index is 1.42. The number of methoxy groups -OCH3 is 1. The molecule has 1 N–H and O–H groups in total. The van der Waals surface area contributed by atoms with Crippen molar-refractivity contribution in [2.24, 2.45) is 0 Å². The Morgan fingerprint density at radius 1 is 0.968 bits per heavy atom. The zero-order chi connectivity index (χ0) is 21.0. The monoisotopic (exact) mass is 416 g/mol. The molecule has 0 radical (unpaired) electrons. The number of hydrogen-bond acceptors (Lipinski definition) is 4. The fraction of sp³-hybridized carbons (Fsp3) is 0.407. The van der Waals surface area contributed by atoms with Gasteiger partial charge in [-0.05, 0) is 60.6 Å². The molecule has 1 saturated heterocycles. The van der Waals surface area contributed by atoms with Gasteiger partial charge in [0.05, 0.1) is 13.2 Å². The highest BCUT2D eigenvalue weighted by atomic mass is 16.5. The number of piperazine rings is 1. The molecule has 1 atom stereocenters. The van der Waals surface area contributed by atoms with Crippen LogP contribution in [0.25, 0.3) is 10.8 Å². The van der Waals surface area contributed by atoms with Gasteiger partial charge in [0.1, 0.15) is 0 Å². The Labute approximate surface area is 185 Å². The van der Waals surface area contributed by atoms with Crippen LogP contribution < -0.4 is 19.7 Å². The molecule has 4 nitrogen and oxygen atoms in total. The van der Waals surface area contributed by atoms with E-state index in [0.717, 1.165) is 50.4 Å². The Bertz CT molecular complexity index is 1020. The highest BCUT2D eigenvalue weighted by molar-refractivity contribution is 5.85. The maximum absolute atomic E-state index is 6.37. The van der Waals surface area contributed by atoms with Crippen LogP contribution in [0, 0.1) is 0 Å².